The largest absolute Gasteiger partial charge is 0.396 e. The quantitative estimate of drug-likeness (QED) is 0.538. The Labute approximate surface area is 88.6 Å². The summed E-state index contributed by atoms with van der Waals surface area (Å²) in [4.78, 5) is 25.0. The van der Waals surface area contributed by atoms with E-state index < -0.39 is 0 Å². The van der Waals surface area contributed by atoms with Crippen LogP contribution in [0.25, 0.3) is 0 Å². The van der Waals surface area contributed by atoms with Crippen LogP contribution in [-0.2, 0) is 9.59 Å². The van der Waals surface area contributed by atoms with Crippen molar-refractivity contribution in [2.75, 3.05) is 13.2 Å². The Balaban J connectivity index is 2.10. The van der Waals surface area contributed by atoms with Gasteiger partial charge < -0.3 is 5.11 Å². The van der Waals surface area contributed by atoms with Crippen molar-refractivity contribution in [3.05, 3.63) is 12.2 Å². The second-order valence-electron chi connectivity index (χ2n) is 4.06. The molecule has 1 aliphatic carbocycles. The summed E-state index contributed by atoms with van der Waals surface area (Å²) in [6, 6.07) is 0. The minimum Gasteiger partial charge on any atom is -0.396 e. The minimum absolute atomic E-state index is 0.0185. The number of aliphatic hydroxyl groups is 1. The number of carbonyl (C=O) groups is 2. The summed E-state index contributed by atoms with van der Waals surface area (Å²) in [5.74, 6) is -0.381. The molecule has 1 saturated heterocycles. The Hall–Kier alpha value is -1.16. The van der Waals surface area contributed by atoms with Gasteiger partial charge in [-0.2, -0.15) is 0 Å². The van der Waals surface area contributed by atoms with Crippen molar-refractivity contribution in [2.45, 2.75) is 19.3 Å². The van der Waals surface area contributed by atoms with Crippen molar-refractivity contribution in [1.29, 1.82) is 0 Å². The summed E-state index contributed by atoms with van der Waals surface area (Å²) in [7, 11) is 0. The first-order valence-corrected chi connectivity index (χ1v) is 5.36. The Bertz CT molecular complexity index is 285. The fourth-order valence-corrected chi connectivity index (χ4v) is 2.32. The maximum absolute atomic E-state index is 11.8. The van der Waals surface area contributed by atoms with Crippen LogP contribution in [-0.4, -0.2) is 35.0 Å². The van der Waals surface area contributed by atoms with Gasteiger partial charge >= 0.3 is 0 Å². The zero-order valence-electron chi connectivity index (χ0n) is 8.56. The highest BCUT2D eigenvalue weighted by atomic mass is 16.3. The molecule has 2 amide bonds. The molecule has 0 radical (unpaired) electrons. The van der Waals surface area contributed by atoms with Gasteiger partial charge in [0.2, 0.25) is 11.8 Å². The molecule has 1 aliphatic heterocycles. The Morgan fingerprint density at radius 3 is 2.20 bits per heavy atom. The molecule has 0 unspecified atom stereocenters. The Morgan fingerprint density at radius 1 is 1.20 bits per heavy atom. The number of amides is 2. The summed E-state index contributed by atoms with van der Waals surface area (Å²) in [5.41, 5.74) is 0. The number of likely N-dealkylation sites (tertiary alicyclic amines) is 1. The van der Waals surface area contributed by atoms with Crippen LogP contribution in [0.3, 0.4) is 0 Å². The lowest BCUT2D eigenvalue weighted by molar-refractivity contribution is -0.140. The van der Waals surface area contributed by atoms with Crippen LogP contribution < -0.4 is 0 Å². The molecular weight excluding hydrogens is 194 g/mol. The third kappa shape index (κ3) is 1.69. The highest BCUT2D eigenvalue weighted by Crippen LogP contribution is 2.34. The second-order valence-corrected chi connectivity index (χ2v) is 4.06. The fourth-order valence-electron chi connectivity index (χ4n) is 2.32. The van der Waals surface area contributed by atoms with Gasteiger partial charge in [0.05, 0.1) is 11.8 Å². The predicted octanol–water partition coefficient (Wildman–Crippen LogP) is 0.320. The van der Waals surface area contributed by atoms with Gasteiger partial charge in [-0.1, -0.05) is 12.2 Å². The maximum Gasteiger partial charge on any atom is 0.233 e. The van der Waals surface area contributed by atoms with E-state index in [1.807, 2.05) is 12.2 Å². The normalized spacial score (nSPS) is 29.8. The standard InChI is InChI=1S/C11H15NO3/c13-7-3-6-12-10(14)8-4-1-2-5-9(8)11(12)15/h1-2,8-9,13H,3-7H2/t8-,9+. The van der Waals surface area contributed by atoms with Gasteiger partial charge in [0.15, 0.2) is 0 Å². The molecule has 15 heavy (non-hydrogen) atoms. The van der Waals surface area contributed by atoms with Gasteiger partial charge in [0.25, 0.3) is 0 Å². The molecule has 1 N–H and O–H groups in total. The molecule has 0 saturated carbocycles. The van der Waals surface area contributed by atoms with Crippen molar-refractivity contribution in [3.8, 4) is 0 Å². The molecule has 2 rings (SSSR count). The SMILES string of the molecule is O=C1[C@H]2CC=CC[C@H]2C(=O)N1CCCO. The fraction of sp³-hybridized carbons (Fsp3) is 0.636. The molecule has 4 nitrogen and oxygen atoms in total. The van der Waals surface area contributed by atoms with Crippen LogP contribution in [0.15, 0.2) is 12.2 Å². The summed E-state index contributed by atoms with van der Waals surface area (Å²) >= 11 is 0. The van der Waals surface area contributed by atoms with E-state index >= 15 is 0 Å². The number of nitrogens with zero attached hydrogens (tertiary/aromatic N) is 1. The summed E-state index contributed by atoms with van der Waals surface area (Å²) in [6.45, 7) is 0.381. The predicted molar refractivity (Wildman–Crippen MR) is 53.8 cm³/mol. The van der Waals surface area contributed by atoms with Crippen molar-refractivity contribution < 1.29 is 14.7 Å². The topological polar surface area (TPSA) is 57.6 Å². The van der Waals surface area contributed by atoms with Crippen molar-refractivity contribution in [1.82, 2.24) is 4.90 Å². The lowest BCUT2D eigenvalue weighted by Crippen LogP contribution is -2.32. The molecule has 1 fully saturated rings. The van der Waals surface area contributed by atoms with Crippen molar-refractivity contribution in [3.63, 3.8) is 0 Å². The number of rotatable bonds is 3. The number of carbonyl (C=O) groups excluding carboxylic acids is 2. The molecular formula is C11H15NO3. The van der Waals surface area contributed by atoms with Crippen molar-refractivity contribution in [2.24, 2.45) is 11.8 Å². The average molecular weight is 209 g/mol. The Kier molecular flexibility index (Phi) is 2.86. The van der Waals surface area contributed by atoms with E-state index in [0.29, 0.717) is 25.8 Å². The zero-order chi connectivity index (χ0) is 10.8. The van der Waals surface area contributed by atoms with Crippen molar-refractivity contribution >= 4 is 11.8 Å². The number of aliphatic hydroxyl groups excluding tert-OH is 1. The van der Waals surface area contributed by atoms with Crippen LogP contribution in [0.5, 0.6) is 0 Å². The number of hydrogen-bond acceptors (Lipinski definition) is 3. The van der Waals surface area contributed by atoms with Gasteiger partial charge in [-0.25, -0.2) is 0 Å². The summed E-state index contributed by atoms with van der Waals surface area (Å²) in [6.07, 6.45) is 5.80. The number of imide groups is 1. The molecule has 2 atom stereocenters. The molecule has 0 aromatic carbocycles. The van der Waals surface area contributed by atoms with E-state index in [2.05, 4.69) is 0 Å². The first-order valence-electron chi connectivity index (χ1n) is 5.36. The van der Waals surface area contributed by atoms with Gasteiger partial charge in [-0.15, -0.1) is 0 Å². The molecule has 0 spiro atoms. The van der Waals surface area contributed by atoms with Gasteiger partial charge in [-0.05, 0) is 19.3 Å². The lowest BCUT2D eigenvalue weighted by Gasteiger charge is -2.14. The number of fused-ring (bicyclic) bond motifs is 1. The van der Waals surface area contributed by atoms with E-state index in [9.17, 15) is 9.59 Å². The smallest absolute Gasteiger partial charge is 0.233 e. The molecule has 1 heterocycles. The molecule has 0 aromatic heterocycles. The molecule has 2 aliphatic rings. The van der Waals surface area contributed by atoms with Gasteiger partial charge in [0.1, 0.15) is 0 Å². The van der Waals surface area contributed by atoms with E-state index in [1.165, 1.54) is 4.90 Å². The Morgan fingerprint density at radius 2 is 1.73 bits per heavy atom. The number of hydrogen-bond donors (Lipinski definition) is 1. The third-order valence-corrected chi connectivity index (χ3v) is 3.14. The highest BCUT2D eigenvalue weighted by Gasteiger charge is 2.46. The zero-order valence-corrected chi connectivity index (χ0v) is 8.56. The van der Waals surface area contributed by atoms with Gasteiger partial charge in [0, 0.05) is 13.2 Å². The van der Waals surface area contributed by atoms with E-state index in [1.54, 1.807) is 0 Å². The van der Waals surface area contributed by atoms with Crippen LogP contribution in [0, 0.1) is 11.8 Å². The van der Waals surface area contributed by atoms with E-state index in [-0.39, 0.29) is 30.3 Å². The van der Waals surface area contributed by atoms with Crippen LogP contribution in [0.2, 0.25) is 0 Å². The van der Waals surface area contributed by atoms with Gasteiger partial charge in [-0.3, -0.25) is 14.5 Å². The monoisotopic (exact) mass is 209 g/mol. The molecule has 0 bridgehead atoms. The lowest BCUT2D eigenvalue weighted by atomic mass is 9.85. The summed E-state index contributed by atoms with van der Waals surface area (Å²) < 4.78 is 0. The first-order chi connectivity index (χ1) is 7.25. The van der Waals surface area contributed by atoms with E-state index in [0.717, 1.165) is 0 Å². The third-order valence-electron chi connectivity index (χ3n) is 3.14. The minimum atomic E-state index is -0.138. The van der Waals surface area contributed by atoms with Crippen LogP contribution in [0.4, 0.5) is 0 Å². The second kappa shape index (κ2) is 4.14. The molecule has 82 valence electrons. The number of allylic oxidation sites excluding steroid dienone is 2. The first kappa shape index (κ1) is 10.4. The van der Waals surface area contributed by atoms with E-state index in [4.69, 9.17) is 5.11 Å². The highest BCUT2D eigenvalue weighted by molar-refractivity contribution is 6.05. The molecule has 0 aromatic rings. The maximum atomic E-state index is 11.8. The van der Waals surface area contributed by atoms with Crippen LogP contribution >= 0.6 is 0 Å². The molecule has 4 heteroatoms. The van der Waals surface area contributed by atoms with Crippen LogP contribution in [0.1, 0.15) is 19.3 Å². The summed E-state index contributed by atoms with van der Waals surface area (Å²) in [5, 5.41) is 8.70. The average Bonchev–Trinajstić information content (AvgIpc) is 2.51.